The van der Waals surface area contributed by atoms with Gasteiger partial charge in [-0.1, -0.05) is 25.1 Å². The van der Waals surface area contributed by atoms with E-state index in [-0.39, 0.29) is 6.04 Å². The van der Waals surface area contributed by atoms with Crippen molar-refractivity contribution in [3.8, 4) is 5.75 Å². The summed E-state index contributed by atoms with van der Waals surface area (Å²) in [6.45, 7) is 2.87. The van der Waals surface area contributed by atoms with E-state index >= 15 is 0 Å². The molecule has 2 rings (SSSR count). The smallest absolute Gasteiger partial charge is 0.119 e. The maximum absolute atomic E-state index is 5.60. The molecule has 0 aliphatic heterocycles. The predicted octanol–water partition coefficient (Wildman–Crippen LogP) is 3.18. The number of ether oxygens (including phenoxy) is 1. The van der Waals surface area contributed by atoms with Crippen molar-refractivity contribution < 1.29 is 4.74 Å². The van der Waals surface area contributed by atoms with Gasteiger partial charge >= 0.3 is 0 Å². The Balaban J connectivity index is 2.15. The van der Waals surface area contributed by atoms with Gasteiger partial charge in [-0.15, -0.1) is 0 Å². The lowest BCUT2D eigenvalue weighted by Crippen LogP contribution is -2.17. The molecule has 0 saturated carbocycles. The number of benzene rings is 1. The molecule has 0 aliphatic rings. The fourth-order valence-corrected chi connectivity index (χ4v) is 2.05. The van der Waals surface area contributed by atoms with Crippen LogP contribution in [0.1, 0.15) is 30.5 Å². The highest BCUT2D eigenvalue weighted by molar-refractivity contribution is 5.34. The van der Waals surface area contributed by atoms with Crippen molar-refractivity contribution in [3.63, 3.8) is 0 Å². The molecule has 1 unspecified atom stereocenters. The van der Waals surface area contributed by atoms with Crippen molar-refractivity contribution in [2.24, 2.45) is 0 Å². The van der Waals surface area contributed by atoms with Crippen LogP contribution in [0.3, 0.4) is 0 Å². The lowest BCUT2D eigenvalue weighted by Gasteiger charge is -2.17. The number of nitrogens with zero attached hydrogens (tertiary/aromatic N) is 1. The highest BCUT2D eigenvalue weighted by Gasteiger charge is 2.11. The molecule has 0 spiro atoms. The summed E-state index contributed by atoms with van der Waals surface area (Å²) in [5.74, 6) is 0.923. The Kier molecular flexibility index (Phi) is 4.93. The molecule has 1 aromatic carbocycles. The molecule has 0 fully saturated rings. The summed E-state index contributed by atoms with van der Waals surface area (Å²) in [5, 5.41) is 3.32. The topological polar surface area (TPSA) is 34.1 Å². The lowest BCUT2D eigenvalue weighted by molar-refractivity contribution is 0.317. The van der Waals surface area contributed by atoms with Crippen molar-refractivity contribution >= 4 is 0 Å². The van der Waals surface area contributed by atoms with Crippen LogP contribution in [0.2, 0.25) is 0 Å². The van der Waals surface area contributed by atoms with E-state index < -0.39 is 0 Å². The molecule has 3 heteroatoms. The fourth-order valence-electron chi connectivity index (χ4n) is 2.05. The minimum absolute atomic E-state index is 0.161. The standard InChI is InChI=1S/C16H20N2O/c1-3-11-19-15-8-6-13(7-9-15)16(17-2)14-5-4-10-18-12-14/h4-10,12,16-17H,3,11H2,1-2H3. The second-order valence-electron chi connectivity index (χ2n) is 4.43. The molecular weight excluding hydrogens is 236 g/mol. The Hall–Kier alpha value is -1.87. The molecule has 2 aromatic rings. The number of aromatic nitrogens is 1. The molecule has 0 radical (unpaired) electrons. The zero-order valence-corrected chi connectivity index (χ0v) is 11.5. The van der Waals surface area contributed by atoms with E-state index in [1.54, 1.807) is 6.20 Å². The molecule has 0 amide bonds. The molecule has 0 aliphatic carbocycles. The van der Waals surface area contributed by atoms with Crippen LogP contribution < -0.4 is 10.1 Å². The Bertz CT molecular complexity index is 482. The second-order valence-corrected chi connectivity index (χ2v) is 4.43. The number of nitrogens with one attached hydrogen (secondary N) is 1. The normalized spacial score (nSPS) is 12.1. The van der Waals surface area contributed by atoms with E-state index in [1.807, 2.05) is 31.4 Å². The van der Waals surface area contributed by atoms with Gasteiger partial charge < -0.3 is 10.1 Å². The first kappa shape index (κ1) is 13.6. The SMILES string of the molecule is CCCOc1ccc(C(NC)c2cccnc2)cc1. The quantitative estimate of drug-likeness (QED) is 0.862. The van der Waals surface area contributed by atoms with Gasteiger partial charge in [0, 0.05) is 12.4 Å². The molecule has 1 aromatic heterocycles. The van der Waals surface area contributed by atoms with E-state index in [1.165, 1.54) is 5.56 Å². The van der Waals surface area contributed by atoms with Gasteiger partial charge in [0.15, 0.2) is 0 Å². The zero-order chi connectivity index (χ0) is 13.5. The Morgan fingerprint density at radius 3 is 2.53 bits per heavy atom. The van der Waals surface area contributed by atoms with Gasteiger partial charge in [-0.3, -0.25) is 4.98 Å². The molecule has 0 saturated heterocycles. The maximum atomic E-state index is 5.60. The average molecular weight is 256 g/mol. The van der Waals surface area contributed by atoms with E-state index in [2.05, 4.69) is 35.4 Å². The van der Waals surface area contributed by atoms with Crippen LogP contribution in [0.5, 0.6) is 5.75 Å². The first-order chi connectivity index (χ1) is 9.35. The monoisotopic (exact) mass is 256 g/mol. The predicted molar refractivity (Wildman–Crippen MR) is 77.4 cm³/mol. The first-order valence-electron chi connectivity index (χ1n) is 6.65. The van der Waals surface area contributed by atoms with Gasteiger partial charge in [0.2, 0.25) is 0 Å². The van der Waals surface area contributed by atoms with Gasteiger partial charge in [0.25, 0.3) is 0 Å². The second kappa shape index (κ2) is 6.90. The Labute approximate surface area is 114 Å². The molecule has 100 valence electrons. The van der Waals surface area contributed by atoms with E-state index in [9.17, 15) is 0 Å². The Morgan fingerprint density at radius 1 is 1.16 bits per heavy atom. The van der Waals surface area contributed by atoms with E-state index in [0.29, 0.717) is 0 Å². The van der Waals surface area contributed by atoms with E-state index in [4.69, 9.17) is 4.74 Å². The van der Waals surface area contributed by atoms with Crippen LogP contribution in [-0.4, -0.2) is 18.6 Å². The fraction of sp³-hybridized carbons (Fsp3) is 0.312. The third kappa shape index (κ3) is 3.55. The first-order valence-corrected chi connectivity index (χ1v) is 6.65. The van der Waals surface area contributed by atoms with Gasteiger partial charge in [-0.05, 0) is 42.8 Å². The van der Waals surface area contributed by atoms with Crippen LogP contribution in [0, 0.1) is 0 Å². The number of hydrogen-bond acceptors (Lipinski definition) is 3. The number of rotatable bonds is 6. The largest absolute Gasteiger partial charge is 0.494 e. The summed E-state index contributed by atoms with van der Waals surface area (Å²) in [6.07, 6.45) is 4.71. The third-order valence-electron chi connectivity index (χ3n) is 2.99. The summed E-state index contributed by atoms with van der Waals surface area (Å²) in [4.78, 5) is 4.17. The van der Waals surface area contributed by atoms with Crippen molar-refractivity contribution in [2.75, 3.05) is 13.7 Å². The average Bonchev–Trinajstić information content (AvgIpc) is 2.48. The minimum atomic E-state index is 0.161. The van der Waals surface area contributed by atoms with Crippen LogP contribution in [0.4, 0.5) is 0 Å². The van der Waals surface area contributed by atoms with Crippen LogP contribution in [-0.2, 0) is 0 Å². The zero-order valence-electron chi connectivity index (χ0n) is 11.5. The van der Waals surface area contributed by atoms with Gasteiger partial charge in [0.1, 0.15) is 5.75 Å². The van der Waals surface area contributed by atoms with Crippen LogP contribution in [0.15, 0.2) is 48.8 Å². The van der Waals surface area contributed by atoms with Crippen molar-refractivity contribution in [2.45, 2.75) is 19.4 Å². The molecule has 1 atom stereocenters. The molecule has 19 heavy (non-hydrogen) atoms. The summed E-state index contributed by atoms with van der Waals surface area (Å²) in [6, 6.07) is 12.4. The summed E-state index contributed by atoms with van der Waals surface area (Å²) in [5.41, 5.74) is 2.37. The molecule has 1 heterocycles. The summed E-state index contributed by atoms with van der Waals surface area (Å²) >= 11 is 0. The molecule has 3 nitrogen and oxygen atoms in total. The third-order valence-corrected chi connectivity index (χ3v) is 2.99. The molecule has 1 N–H and O–H groups in total. The summed E-state index contributed by atoms with van der Waals surface area (Å²) < 4.78 is 5.60. The van der Waals surface area contributed by atoms with Gasteiger partial charge in [-0.25, -0.2) is 0 Å². The van der Waals surface area contributed by atoms with Crippen molar-refractivity contribution in [1.82, 2.24) is 10.3 Å². The highest BCUT2D eigenvalue weighted by Crippen LogP contribution is 2.23. The minimum Gasteiger partial charge on any atom is -0.494 e. The van der Waals surface area contributed by atoms with E-state index in [0.717, 1.165) is 24.3 Å². The van der Waals surface area contributed by atoms with Crippen molar-refractivity contribution in [3.05, 3.63) is 59.9 Å². The highest BCUT2D eigenvalue weighted by atomic mass is 16.5. The van der Waals surface area contributed by atoms with Crippen molar-refractivity contribution in [1.29, 1.82) is 0 Å². The van der Waals surface area contributed by atoms with Gasteiger partial charge in [-0.2, -0.15) is 0 Å². The Morgan fingerprint density at radius 2 is 1.95 bits per heavy atom. The van der Waals surface area contributed by atoms with Gasteiger partial charge in [0.05, 0.1) is 12.6 Å². The number of pyridine rings is 1. The molecular formula is C16H20N2O. The maximum Gasteiger partial charge on any atom is 0.119 e. The lowest BCUT2D eigenvalue weighted by atomic mass is 10.0. The number of hydrogen-bond donors (Lipinski definition) is 1. The van der Waals surface area contributed by atoms with Crippen LogP contribution in [0.25, 0.3) is 0 Å². The van der Waals surface area contributed by atoms with Crippen LogP contribution >= 0.6 is 0 Å². The molecule has 0 bridgehead atoms. The summed E-state index contributed by atoms with van der Waals surface area (Å²) in [7, 11) is 1.96.